The van der Waals surface area contributed by atoms with Crippen molar-refractivity contribution in [1.29, 1.82) is 0 Å². The van der Waals surface area contributed by atoms with E-state index in [1.165, 1.54) is 17.4 Å². The third-order valence-corrected chi connectivity index (χ3v) is 3.58. The summed E-state index contributed by atoms with van der Waals surface area (Å²) >= 11 is 1.54. The average molecular weight is 315 g/mol. The number of hydrogen-bond acceptors (Lipinski definition) is 4. The van der Waals surface area contributed by atoms with Crippen LogP contribution < -0.4 is 10.6 Å². The fourth-order valence-electron chi connectivity index (χ4n) is 1.73. The average Bonchev–Trinajstić information content (AvgIpc) is 2.96. The first kappa shape index (κ1) is 15.9. The van der Waals surface area contributed by atoms with Crippen LogP contribution in [-0.2, 0) is 4.79 Å². The lowest BCUT2D eigenvalue weighted by Crippen LogP contribution is -2.33. The van der Waals surface area contributed by atoms with E-state index in [0.717, 1.165) is 10.7 Å². The first-order chi connectivity index (χ1) is 10.6. The number of aromatic nitrogens is 1. The molecule has 0 aliphatic rings. The zero-order chi connectivity index (χ0) is 15.8. The molecule has 0 unspecified atom stereocenters. The van der Waals surface area contributed by atoms with Gasteiger partial charge in [-0.3, -0.25) is 9.59 Å². The van der Waals surface area contributed by atoms with Gasteiger partial charge in [0, 0.05) is 30.1 Å². The molecule has 0 saturated heterocycles. The smallest absolute Gasteiger partial charge is 0.251 e. The number of carbonyl (C=O) groups excluding carboxylic acids is 2. The fourth-order valence-corrected chi connectivity index (χ4v) is 2.31. The van der Waals surface area contributed by atoms with Gasteiger partial charge in [-0.15, -0.1) is 11.3 Å². The number of nitrogens with one attached hydrogen (secondary N) is 2. The van der Waals surface area contributed by atoms with E-state index in [9.17, 15) is 9.59 Å². The van der Waals surface area contributed by atoms with E-state index < -0.39 is 0 Å². The Balaban J connectivity index is 1.67. The Morgan fingerprint density at radius 2 is 1.91 bits per heavy atom. The Morgan fingerprint density at radius 1 is 1.18 bits per heavy atom. The molecular formula is C16H17N3O2S. The molecule has 1 heterocycles. The molecule has 2 N–H and O–H groups in total. The standard InChI is InChI=1S/C16H17N3O2S/c1-12-19-14(11-22-12)7-8-15(20)17-9-10-18-16(21)13-5-3-2-4-6-13/h2-8,11H,9-10H2,1H3,(H,17,20)(H,18,21)/b8-7+. The maximum absolute atomic E-state index is 11.8. The molecule has 5 nitrogen and oxygen atoms in total. The molecule has 0 atom stereocenters. The quantitative estimate of drug-likeness (QED) is 0.633. The monoisotopic (exact) mass is 315 g/mol. The van der Waals surface area contributed by atoms with E-state index in [2.05, 4.69) is 15.6 Å². The third-order valence-electron chi connectivity index (χ3n) is 2.79. The van der Waals surface area contributed by atoms with Gasteiger partial charge in [-0.25, -0.2) is 4.98 Å². The van der Waals surface area contributed by atoms with Gasteiger partial charge in [0.25, 0.3) is 5.91 Å². The highest BCUT2D eigenvalue weighted by atomic mass is 32.1. The molecule has 0 fully saturated rings. The Hall–Kier alpha value is -2.47. The number of rotatable bonds is 6. The lowest BCUT2D eigenvalue weighted by molar-refractivity contribution is -0.116. The third kappa shape index (κ3) is 5.14. The number of aryl methyl sites for hydroxylation is 1. The van der Waals surface area contributed by atoms with E-state index in [1.807, 2.05) is 30.5 Å². The minimum Gasteiger partial charge on any atom is -0.351 e. The van der Waals surface area contributed by atoms with Crippen LogP contribution in [0.25, 0.3) is 6.08 Å². The van der Waals surface area contributed by atoms with E-state index in [0.29, 0.717) is 18.7 Å². The summed E-state index contributed by atoms with van der Waals surface area (Å²) < 4.78 is 0. The van der Waals surface area contributed by atoms with Gasteiger partial charge >= 0.3 is 0 Å². The van der Waals surface area contributed by atoms with E-state index in [-0.39, 0.29) is 11.8 Å². The van der Waals surface area contributed by atoms with Gasteiger partial charge in [-0.1, -0.05) is 18.2 Å². The molecule has 0 spiro atoms. The minimum atomic E-state index is -0.209. The number of nitrogens with zero attached hydrogens (tertiary/aromatic N) is 1. The van der Waals surface area contributed by atoms with Crippen molar-refractivity contribution in [3.8, 4) is 0 Å². The van der Waals surface area contributed by atoms with Crippen molar-refractivity contribution in [2.75, 3.05) is 13.1 Å². The van der Waals surface area contributed by atoms with Crippen LogP contribution in [0, 0.1) is 6.92 Å². The molecule has 1 aromatic carbocycles. The summed E-state index contributed by atoms with van der Waals surface area (Å²) in [6.45, 7) is 2.67. The predicted molar refractivity (Wildman–Crippen MR) is 87.7 cm³/mol. The second kappa shape index (κ2) is 8.09. The van der Waals surface area contributed by atoms with Crippen molar-refractivity contribution in [2.45, 2.75) is 6.92 Å². The van der Waals surface area contributed by atoms with E-state index in [4.69, 9.17) is 0 Å². The van der Waals surface area contributed by atoms with E-state index >= 15 is 0 Å². The summed E-state index contributed by atoms with van der Waals surface area (Å²) in [5, 5.41) is 8.29. The lowest BCUT2D eigenvalue weighted by Gasteiger charge is -2.05. The Labute approximate surface area is 133 Å². The molecule has 0 aliphatic carbocycles. The maximum Gasteiger partial charge on any atom is 0.251 e. The minimum absolute atomic E-state index is 0.150. The highest BCUT2D eigenvalue weighted by molar-refractivity contribution is 7.09. The second-order valence-electron chi connectivity index (χ2n) is 4.54. The Bertz CT molecular complexity index is 665. The van der Waals surface area contributed by atoms with Crippen LogP contribution in [0.2, 0.25) is 0 Å². The molecule has 0 bridgehead atoms. The summed E-state index contributed by atoms with van der Waals surface area (Å²) in [5.41, 5.74) is 1.38. The molecule has 22 heavy (non-hydrogen) atoms. The molecule has 2 rings (SSSR count). The highest BCUT2D eigenvalue weighted by Crippen LogP contribution is 2.08. The van der Waals surface area contributed by atoms with Crippen molar-refractivity contribution in [1.82, 2.24) is 15.6 Å². The van der Waals surface area contributed by atoms with Crippen molar-refractivity contribution in [3.63, 3.8) is 0 Å². The van der Waals surface area contributed by atoms with Crippen LogP contribution in [0.3, 0.4) is 0 Å². The van der Waals surface area contributed by atoms with Crippen LogP contribution in [0.4, 0.5) is 0 Å². The zero-order valence-corrected chi connectivity index (χ0v) is 13.0. The van der Waals surface area contributed by atoms with Crippen molar-refractivity contribution in [2.24, 2.45) is 0 Å². The van der Waals surface area contributed by atoms with Crippen LogP contribution in [0.5, 0.6) is 0 Å². The SMILES string of the molecule is Cc1nc(/C=C/C(=O)NCCNC(=O)c2ccccc2)cs1. The molecule has 0 aliphatic heterocycles. The largest absolute Gasteiger partial charge is 0.351 e. The first-order valence-electron chi connectivity index (χ1n) is 6.86. The first-order valence-corrected chi connectivity index (χ1v) is 7.74. The van der Waals surface area contributed by atoms with Crippen molar-refractivity contribution in [3.05, 3.63) is 58.1 Å². The van der Waals surface area contributed by atoms with Crippen LogP contribution in [0.15, 0.2) is 41.8 Å². The topological polar surface area (TPSA) is 71.1 Å². The van der Waals surface area contributed by atoms with Crippen molar-refractivity contribution >= 4 is 29.2 Å². The summed E-state index contributed by atoms with van der Waals surface area (Å²) in [4.78, 5) is 27.6. The van der Waals surface area contributed by atoms with Crippen LogP contribution >= 0.6 is 11.3 Å². The summed E-state index contributed by atoms with van der Waals surface area (Å²) in [7, 11) is 0. The summed E-state index contributed by atoms with van der Waals surface area (Å²) in [6.07, 6.45) is 3.11. The van der Waals surface area contributed by atoms with E-state index in [1.54, 1.807) is 18.2 Å². The number of hydrogen-bond donors (Lipinski definition) is 2. The zero-order valence-electron chi connectivity index (χ0n) is 12.2. The maximum atomic E-state index is 11.8. The second-order valence-corrected chi connectivity index (χ2v) is 5.60. The van der Waals surface area contributed by atoms with Gasteiger partial charge < -0.3 is 10.6 Å². The molecule has 0 radical (unpaired) electrons. The van der Waals surface area contributed by atoms with Gasteiger partial charge in [0.2, 0.25) is 5.91 Å². The van der Waals surface area contributed by atoms with Crippen LogP contribution in [-0.4, -0.2) is 29.9 Å². The molecule has 0 saturated carbocycles. The summed E-state index contributed by atoms with van der Waals surface area (Å²) in [5.74, 6) is -0.358. The number of amides is 2. The van der Waals surface area contributed by atoms with Gasteiger partial charge in [0.05, 0.1) is 10.7 Å². The predicted octanol–water partition coefficient (Wildman–Crippen LogP) is 2.01. The number of thiazole rings is 1. The molecule has 2 aromatic rings. The highest BCUT2D eigenvalue weighted by Gasteiger charge is 2.03. The summed E-state index contributed by atoms with van der Waals surface area (Å²) in [6, 6.07) is 8.95. The van der Waals surface area contributed by atoms with Gasteiger partial charge in [-0.05, 0) is 25.1 Å². The van der Waals surface area contributed by atoms with Crippen LogP contribution in [0.1, 0.15) is 21.1 Å². The Morgan fingerprint density at radius 3 is 2.59 bits per heavy atom. The number of benzene rings is 1. The Kier molecular flexibility index (Phi) is 5.85. The lowest BCUT2D eigenvalue weighted by atomic mass is 10.2. The fraction of sp³-hybridized carbons (Fsp3) is 0.188. The van der Waals surface area contributed by atoms with Gasteiger partial charge in [0.1, 0.15) is 0 Å². The molecule has 1 aromatic heterocycles. The number of carbonyl (C=O) groups is 2. The normalized spacial score (nSPS) is 10.6. The van der Waals surface area contributed by atoms with Gasteiger partial charge in [0.15, 0.2) is 0 Å². The molecule has 114 valence electrons. The molecule has 6 heteroatoms. The molecule has 2 amide bonds. The van der Waals surface area contributed by atoms with Crippen molar-refractivity contribution < 1.29 is 9.59 Å². The van der Waals surface area contributed by atoms with Gasteiger partial charge in [-0.2, -0.15) is 0 Å². The molecular weight excluding hydrogens is 298 g/mol.